The van der Waals surface area contributed by atoms with Crippen molar-refractivity contribution in [1.82, 2.24) is 0 Å². The fraction of sp³-hybridized carbons (Fsp3) is 0.500. The highest BCUT2D eigenvalue weighted by molar-refractivity contribution is 5.42. The Hall–Kier alpha value is -1.16. The SMILES string of the molecule is COc1cc(C(F)F)ccc1C(C)(C)CO. The maximum Gasteiger partial charge on any atom is 0.263 e. The number of halogens is 2. The Bertz CT molecular complexity index is 362. The Morgan fingerprint density at radius 2 is 2.00 bits per heavy atom. The van der Waals surface area contributed by atoms with Gasteiger partial charge in [-0.25, -0.2) is 8.78 Å². The zero-order chi connectivity index (χ0) is 12.3. The number of rotatable bonds is 4. The first-order valence-corrected chi connectivity index (χ1v) is 5.00. The lowest BCUT2D eigenvalue weighted by atomic mass is 9.84. The summed E-state index contributed by atoms with van der Waals surface area (Å²) in [4.78, 5) is 0. The molecule has 0 atom stereocenters. The van der Waals surface area contributed by atoms with E-state index < -0.39 is 11.8 Å². The molecule has 0 fully saturated rings. The highest BCUT2D eigenvalue weighted by Crippen LogP contribution is 2.34. The molecule has 0 saturated heterocycles. The number of aliphatic hydroxyl groups excluding tert-OH is 1. The summed E-state index contributed by atoms with van der Waals surface area (Å²) in [6, 6.07) is 4.26. The summed E-state index contributed by atoms with van der Waals surface area (Å²) in [6.07, 6.45) is -2.51. The van der Waals surface area contributed by atoms with Crippen molar-refractivity contribution in [2.24, 2.45) is 0 Å². The highest BCUT2D eigenvalue weighted by Gasteiger charge is 2.24. The molecule has 0 aliphatic carbocycles. The van der Waals surface area contributed by atoms with Gasteiger partial charge in [0.1, 0.15) is 5.75 Å². The summed E-state index contributed by atoms with van der Waals surface area (Å²) in [5.41, 5.74) is 0.141. The summed E-state index contributed by atoms with van der Waals surface area (Å²) >= 11 is 0. The van der Waals surface area contributed by atoms with Gasteiger partial charge < -0.3 is 9.84 Å². The molecule has 1 N–H and O–H groups in total. The van der Waals surface area contributed by atoms with E-state index in [0.29, 0.717) is 5.75 Å². The van der Waals surface area contributed by atoms with Gasteiger partial charge in [0, 0.05) is 16.5 Å². The first-order chi connectivity index (χ1) is 7.42. The molecule has 0 amide bonds. The first kappa shape index (κ1) is 12.9. The molecule has 0 aliphatic rings. The minimum absolute atomic E-state index is 0.0720. The van der Waals surface area contributed by atoms with Crippen LogP contribution in [0.2, 0.25) is 0 Å². The molecule has 4 heteroatoms. The van der Waals surface area contributed by atoms with E-state index in [2.05, 4.69) is 0 Å². The maximum absolute atomic E-state index is 12.5. The van der Waals surface area contributed by atoms with Gasteiger partial charge in [0.05, 0.1) is 13.7 Å². The van der Waals surface area contributed by atoms with Crippen molar-refractivity contribution in [2.75, 3.05) is 13.7 Å². The summed E-state index contributed by atoms with van der Waals surface area (Å²) in [5, 5.41) is 9.24. The largest absolute Gasteiger partial charge is 0.496 e. The van der Waals surface area contributed by atoms with E-state index in [9.17, 15) is 13.9 Å². The molecule has 0 bridgehead atoms. The van der Waals surface area contributed by atoms with Crippen molar-refractivity contribution >= 4 is 0 Å². The average Bonchev–Trinajstić information content (AvgIpc) is 2.28. The van der Waals surface area contributed by atoms with E-state index in [1.54, 1.807) is 6.07 Å². The standard InChI is InChI=1S/C12H16F2O2/c1-12(2,7-15)9-5-4-8(11(13)14)6-10(9)16-3/h4-6,11,15H,7H2,1-3H3. The topological polar surface area (TPSA) is 29.5 Å². The van der Waals surface area contributed by atoms with Gasteiger partial charge in [-0.05, 0) is 6.07 Å². The quantitative estimate of drug-likeness (QED) is 0.861. The van der Waals surface area contributed by atoms with Crippen LogP contribution < -0.4 is 4.74 Å². The van der Waals surface area contributed by atoms with Gasteiger partial charge in [-0.15, -0.1) is 0 Å². The van der Waals surface area contributed by atoms with Crippen molar-refractivity contribution in [3.8, 4) is 5.75 Å². The fourth-order valence-electron chi connectivity index (χ4n) is 1.49. The molecule has 0 saturated carbocycles. The Labute approximate surface area is 93.9 Å². The van der Waals surface area contributed by atoms with Crippen LogP contribution in [0, 0.1) is 0 Å². The summed E-state index contributed by atoms with van der Waals surface area (Å²) < 4.78 is 30.1. The molecule has 0 unspecified atom stereocenters. The molecule has 2 nitrogen and oxygen atoms in total. The zero-order valence-electron chi connectivity index (χ0n) is 9.63. The molecule has 16 heavy (non-hydrogen) atoms. The maximum atomic E-state index is 12.5. The van der Waals surface area contributed by atoms with E-state index in [4.69, 9.17) is 4.74 Å². The lowest BCUT2D eigenvalue weighted by Gasteiger charge is -2.25. The lowest BCUT2D eigenvalue weighted by Crippen LogP contribution is -2.23. The third kappa shape index (κ3) is 2.50. The molecular weight excluding hydrogens is 214 g/mol. The Morgan fingerprint density at radius 1 is 1.38 bits per heavy atom. The summed E-state index contributed by atoms with van der Waals surface area (Å²) in [6.45, 7) is 3.58. The second kappa shape index (κ2) is 4.78. The number of benzene rings is 1. The van der Waals surface area contributed by atoms with E-state index in [1.165, 1.54) is 19.2 Å². The average molecular weight is 230 g/mol. The predicted molar refractivity (Wildman–Crippen MR) is 58.1 cm³/mol. The molecule has 90 valence electrons. The lowest BCUT2D eigenvalue weighted by molar-refractivity contribution is 0.150. The number of ether oxygens (including phenoxy) is 1. The van der Waals surface area contributed by atoms with Crippen LogP contribution in [0.1, 0.15) is 31.4 Å². The van der Waals surface area contributed by atoms with E-state index in [0.717, 1.165) is 5.56 Å². The van der Waals surface area contributed by atoms with Crippen molar-refractivity contribution in [3.05, 3.63) is 29.3 Å². The summed E-state index contributed by atoms with van der Waals surface area (Å²) in [7, 11) is 1.43. The van der Waals surface area contributed by atoms with Crippen LogP contribution in [0.5, 0.6) is 5.75 Å². The smallest absolute Gasteiger partial charge is 0.263 e. The van der Waals surface area contributed by atoms with Crippen LogP contribution in [0.15, 0.2) is 18.2 Å². The number of alkyl halides is 2. The van der Waals surface area contributed by atoms with Crippen LogP contribution in [0.4, 0.5) is 8.78 Å². The van der Waals surface area contributed by atoms with Crippen LogP contribution in [0.25, 0.3) is 0 Å². The van der Waals surface area contributed by atoms with E-state index in [-0.39, 0.29) is 12.2 Å². The highest BCUT2D eigenvalue weighted by atomic mass is 19.3. The molecule has 0 heterocycles. The Kier molecular flexibility index (Phi) is 3.86. The van der Waals surface area contributed by atoms with E-state index in [1.807, 2.05) is 13.8 Å². The fourth-order valence-corrected chi connectivity index (χ4v) is 1.49. The van der Waals surface area contributed by atoms with Crippen molar-refractivity contribution < 1.29 is 18.6 Å². The van der Waals surface area contributed by atoms with Crippen LogP contribution in [-0.2, 0) is 5.41 Å². The first-order valence-electron chi connectivity index (χ1n) is 5.00. The molecule has 1 rings (SSSR count). The van der Waals surface area contributed by atoms with Crippen molar-refractivity contribution in [2.45, 2.75) is 25.7 Å². The Balaban J connectivity index is 3.22. The van der Waals surface area contributed by atoms with Crippen LogP contribution in [0.3, 0.4) is 0 Å². The number of methoxy groups -OCH3 is 1. The normalized spacial score (nSPS) is 11.9. The number of aliphatic hydroxyl groups is 1. The van der Waals surface area contributed by atoms with Gasteiger partial charge in [0.25, 0.3) is 6.43 Å². The summed E-state index contributed by atoms with van der Waals surface area (Å²) in [5.74, 6) is 0.386. The molecule has 1 aromatic rings. The van der Waals surface area contributed by atoms with Gasteiger partial charge in [-0.3, -0.25) is 0 Å². The third-order valence-corrected chi connectivity index (χ3v) is 2.60. The van der Waals surface area contributed by atoms with Crippen LogP contribution >= 0.6 is 0 Å². The van der Waals surface area contributed by atoms with Gasteiger partial charge >= 0.3 is 0 Å². The van der Waals surface area contributed by atoms with Gasteiger partial charge in [0.2, 0.25) is 0 Å². The van der Waals surface area contributed by atoms with Crippen molar-refractivity contribution in [3.63, 3.8) is 0 Å². The molecule has 0 radical (unpaired) electrons. The van der Waals surface area contributed by atoms with Gasteiger partial charge in [-0.2, -0.15) is 0 Å². The zero-order valence-corrected chi connectivity index (χ0v) is 9.63. The molecular formula is C12H16F2O2. The second-order valence-corrected chi connectivity index (χ2v) is 4.30. The monoisotopic (exact) mass is 230 g/mol. The minimum Gasteiger partial charge on any atom is -0.496 e. The van der Waals surface area contributed by atoms with Gasteiger partial charge in [-0.1, -0.05) is 26.0 Å². The Morgan fingerprint density at radius 3 is 2.44 bits per heavy atom. The molecule has 0 aromatic heterocycles. The molecule has 0 spiro atoms. The third-order valence-electron chi connectivity index (χ3n) is 2.60. The predicted octanol–water partition coefficient (Wildman–Crippen LogP) is 2.90. The number of hydrogen-bond donors (Lipinski definition) is 1. The van der Waals surface area contributed by atoms with E-state index >= 15 is 0 Å². The van der Waals surface area contributed by atoms with Crippen molar-refractivity contribution in [1.29, 1.82) is 0 Å². The molecule has 1 aromatic carbocycles. The van der Waals surface area contributed by atoms with Crippen LogP contribution in [-0.4, -0.2) is 18.8 Å². The molecule has 0 aliphatic heterocycles. The second-order valence-electron chi connectivity index (χ2n) is 4.30. The minimum atomic E-state index is -2.51. The van der Waals surface area contributed by atoms with Gasteiger partial charge in [0.15, 0.2) is 0 Å². The number of hydrogen-bond acceptors (Lipinski definition) is 2.